The van der Waals surface area contributed by atoms with E-state index >= 15 is 0 Å². The molecule has 4 heterocycles. The molecule has 8 aromatic rings. The Hall–Kier alpha value is -5.78. The maximum atomic E-state index is 2.82. The summed E-state index contributed by atoms with van der Waals surface area (Å²) in [6, 6.07) is 49.6. The van der Waals surface area contributed by atoms with Crippen LogP contribution in [0.4, 0.5) is 45.5 Å². The molecule has 1 saturated carbocycles. The molecule has 0 spiro atoms. The first-order chi connectivity index (χ1) is 35.9. The van der Waals surface area contributed by atoms with E-state index in [9.17, 15) is 0 Å². The molecule has 3 aliphatic carbocycles. The fraction of sp³-hybridized carbons (Fsp3) is 0.408. The highest BCUT2D eigenvalue weighted by Crippen LogP contribution is 2.62. The van der Waals surface area contributed by atoms with Crippen LogP contribution in [0.2, 0.25) is 0 Å². The zero-order valence-electron chi connectivity index (χ0n) is 48.0. The van der Waals surface area contributed by atoms with Gasteiger partial charge in [0.2, 0.25) is 0 Å². The predicted octanol–water partition coefficient (Wildman–Crippen LogP) is 18.2. The van der Waals surface area contributed by atoms with Crippen LogP contribution in [0.3, 0.4) is 0 Å². The summed E-state index contributed by atoms with van der Waals surface area (Å²) in [7, 11) is 0. The third kappa shape index (κ3) is 6.59. The summed E-state index contributed by atoms with van der Waals surface area (Å²) in [6.07, 6.45) is 9.61. The number of benzene rings is 7. The topological polar surface area (TPSA) is 9.72 Å². The van der Waals surface area contributed by atoms with Crippen LogP contribution in [0.25, 0.3) is 20.2 Å². The van der Waals surface area contributed by atoms with Crippen molar-refractivity contribution in [3.8, 4) is 0 Å². The molecule has 3 nitrogen and oxygen atoms in total. The van der Waals surface area contributed by atoms with Gasteiger partial charge in [-0.05, 0) is 202 Å². The summed E-state index contributed by atoms with van der Waals surface area (Å²) < 4.78 is 2.67. The van der Waals surface area contributed by atoms with Gasteiger partial charge in [-0.25, -0.2) is 0 Å². The van der Waals surface area contributed by atoms with E-state index in [1.807, 2.05) is 11.3 Å². The number of nitrogens with zero attached hydrogens (tertiary/aromatic N) is 3. The highest BCUT2D eigenvalue weighted by molar-refractivity contribution is 7.26. The first kappa shape index (κ1) is 48.6. The van der Waals surface area contributed by atoms with Crippen molar-refractivity contribution in [1.29, 1.82) is 0 Å². The van der Waals surface area contributed by atoms with Gasteiger partial charge in [-0.2, -0.15) is 0 Å². The lowest BCUT2D eigenvalue weighted by Crippen LogP contribution is -2.62. The first-order valence-corrected chi connectivity index (χ1v) is 29.8. The SMILES string of the molecule is Cc1cc2c3c(c1)N(c1cccc4sc5ccccc5c14)c1cc(N4c5ccc(C(C)(C)C)cc5C5(C)CCCCC45C)ccc1B3c1cc3c(cc1N2c1ccc2c(c1)C(C)(C)CCC2(C)C)C(C)(C)CCC3(C)C. The lowest BCUT2D eigenvalue weighted by molar-refractivity contribution is 0.195. The van der Waals surface area contributed by atoms with Gasteiger partial charge in [0.1, 0.15) is 0 Å². The van der Waals surface area contributed by atoms with Crippen molar-refractivity contribution in [3.63, 3.8) is 0 Å². The molecule has 5 heteroatoms. The van der Waals surface area contributed by atoms with Crippen LogP contribution in [0.15, 0.2) is 121 Å². The van der Waals surface area contributed by atoms with Crippen LogP contribution < -0.4 is 31.1 Å². The predicted molar refractivity (Wildman–Crippen MR) is 330 cm³/mol. The molecule has 2 unspecified atom stereocenters. The van der Waals surface area contributed by atoms with Crippen LogP contribution >= 0.6 is 11.3 Å². The van der Waals surface area contributed by atoms with Crippen molar-refractivity contribution in [3.05, 3.63) is 160 Å². The van der Waals surface area contributed by atoms with Gasteiger partial charge >= 0.3 is 0 Å². The van der Waals surface area contributed by atoms with E-state index in [-0.39, 0.29) is 44.7 Å². The molecule has 1 aromatic heterocycles. The molecule has 6 aliphatic rings. The quantitative estimate of drug-likeness (QED) is 0.163. The summed E-state index contributed by atoms with van der Waals surface area (Å²) in [6.45, 7) is 34.6. The first-order valence-electron chi connectivity index (χ1n) is 29.0. The number of thiophene rings is 1. The van der Waals surface area contributed by atoms with Crippen molar-refractivity contribution < 1.29 is 0 Å². The third-order valence-corrected chi connectivity index (χ3v) is 22.2. The van der Waals surface area contributed by atoms with E-state index in [4.69, 9.17) is 0 Å². The van der Waals surface area contributed by atoms with Crippen molar-refractivity contribution in [2.75, 3.05) is 14.7 Å². The lowest BCUT2D eigenvalue weighted by atomic mass is 9.33. The van der Waals surface area contributed by atoms with E-state index in [0.717, 1.165) is 6.42 Å². The van der Waals surface area contributed by atoms with Crippen LogP contribution in [0.1, 0.15) is 180 Å². The Labute approximate surface area is 458 Å². The number of hydrogen-bond acceptors (Lipinski definition) is 4. The van der Waals surface area contributed by atoms with Gasteiger partial charge in [-0.15, -0.1) is 11.3 Å². The monoisotopic (exact) mass is 1020 g/mol. The fourth-order valence-corrected chi connectivity index (χ4v) is 17.2. The zero-order valence-corrected chi connectivity index (χ0v) is 48.8. The number of rotatable bonds is 3. The van der Waals surface area contributed by atoms with E-state index in [1.165, 1.54) is 166 Å². The van der Waals surface area contributed by atoms with Gasteiger partial charge in [-0.3, -0.25) is 0 Å². The average molecular weight is 1020 g/mol. The molecule has 2 atom stereocenters. The summed E-state index contributed by atoms with van der Waals surface area (Å²) >= 11 is 1.92. The third-order valence-electron chi connectivity index (χ3n) is 21.1. The Morgan fingerprint density at radius 2 is 1.08 bits per heavy atom. The Bertz CT molecular complexity index is 3800. The maximum absolute atomic E-state index is 2.82. The second-order valence-electron chi connectivity index (χ2n) is 28.7. The van der Waals surface area contributed by atoms with Crippen molar-refractivity contribution in [1.82, 2.24) is 0 Å². The Balaban J connectivity index is 1.08. The van der Waals surface area contributed by atoms with Gasteiger partial charge in [-0.1, -0.05) is 151 Å². The molecular formula is C71H78BN3S. The molecule has 14 rings (SSSR count). The number of hydrogen-bond donors (Lipinski definition) is 0. The van der Waals surface area contributed by atoms with Crippen molar-refractivity contribution >= 4 is 100 Å². The van der Waals surface area contributed by atoms with Crippen molar-refractivity contribution in [2.24, 2.45) is 0 Å². The Morgan fingerprint density at radius 3 is 1.80 bits per heavy atom. The molecule has 0 N–H and O–H groups in total. The van der Waals surface area contributed by atoms with Crippen LogP contribution in [0.5, 0.6) is 0 Å². The van der Waals surface area contributed by atoms with Gasteiger partial charge in [0, 0.05) is 65.4 Å². The molecule has 7 aromatic carbocycles. The molecule has 0 saturated heterocycles. The zero-order chi connectivity index (χ0) is 53.0. The fourth-order valence-electron chi connectivity index (χ4n) is 16.1. The second kappa shape index (κ2) is 15.7. The number of fused-ring (bicyclic) bond motifs is 12. The molecule has 0 radical (unpaired) electrons. The molecule has 386 valence electrons. The smallest absolute Gasteiger partial charge is 0.252 e. The van der Waals surface area contributed by atoms with Crippen LogP contribution in [0, 0.1) is 6.92 Å². The summed E-state index contributed by atoms with van der Waals surface area (Å²) in [5.41, 5.74) is 25.3. The summed E-state index contributed by atoms with van der Waals surface area (Å²) in [5, 5.41) is 2.67. The van der Waals surface area contributed by atoms with Gasteiger partial charge < -0.3 is 14.7 Å². The van der Waals surface area contributed by atoms with Crippen molar-refractivity contribution in [2.45, 2.75) is 186 Å². The summed E-state index contributed by atoms with van der Waals surface area (Å²) in [5.74, 6) is 0. The molecule has 3 aliphatic heterocycles. The largest absolute Gasteiger partial charge is 0.334 e. The van der Waals surface area contributed by atoms with Gasteiger partial charge in [0.25, 0.3) is 6.71 Å². The molecular weight excluding hydrogens is 938 g/mol. The van der Waals surface area contributed by atoms with E-state index in [2.05, 4.69) is 233 Å². The normalized spacial score (nSPS) is 23.1. The highest BCUT2D eigenvalue weighted by Gasteiger charge is 2.58. The van der Waals surface area contributed by atoms with Gasteiger partial charge in [0.05, 0.1) is 11.2 Å². The van der Waals surface area contributed by atoms with E-state index < -0.39 is 0 Å². The number of aryl methyl sites for hydroxylation is 1. The highest BCUT2D eigenvalue weighted by atomic mass is 32.1. The van der Waals surface area contributed by atoms with Crippen LogP contribution in [-0.2, 0) is 32.5 Å². The second-order valence-corrected chi connectivity index (χ2v) is 29.7. The molecule has 1 fully saturated rings. The summed E-state index contributed by atoms with van der Waals surface area (Å²) in [4.78, 5) is 8.28. The minimum Gasteiger partial charge on any atom is -0.334 e. The maximum Gasteiger partial charge on any atom is 0.252 e. The van der Waals surface area contributed by atoms with Gasteiger partial charge in [0.15, 0.2) is 0 Å². The molecule has 0 amide bonds. The lowest BCUT2D eigenvalue weighted by Gasteiger charge is -2.51. The Kier molecular flexibility index (Phi) is 10.0. The minimum absolute atomic E-state index is 0.0182. The molecule has 76 heavy (non-hydrogen) atoms. The van der Waals surface area contributed by atoms with E-state index in [1.54, 1.807) is 0 Å². The van der Waals surface area contributed by atoms with Crippen LogP contribution in [-0.4, -0.2) is 12.3 Å². The van der Waals surface area contributed by atoms with E-state index in [0.29, 0.717) is 0 Å². The Morgan fingerprint density at radius 1 is 0.461 bits per heavy atom. The standard InChI is InChI=1S/C71H78BN3S/c1-43-36-59-64-60(37-43)74(56-21-19-23-62-63(56)47-20-15-16-22-61(47)76-62)57-40-46(75-55-29-24-44(65(2,3)4)38-52(55)70(13)30-17-18-31-71(70,75)14)26-28-53(57)72(64)54-41-50-51(69(11,12)35-34-68(50,9)10)42-58(54)73(59)45-25-27-48-49(39-45)67(7,8)33-32-66(48,5)6/h15-16,19-29,36-42H,17-18,30-35H2,1-14H3. The average Bonchev–Trinajstić information content (AvgIpc) is 4.05. The number of anilines is 8. The molecule has 0 bridgehead atoms. The minimum atomic E-state index is -0.0862.